The van der Waals surface area contributed by atoms with Gasteiger partial charge in [-0.2, -0.15) is 5.10 Å². The zero-order valence-electron chi connectivity index (χ0n) is 20.8. The van der Waals surface area contributed by atoms with E-state index in [0.29, 0.717) is 24.8 Å². The number of likely N-dealkylation sites (N-methyl/N-ethyl adjacent to an activating group) is 1. The quantitative estimate of drug-likeness (QED) is 0.213. The molecule has 4 N–H and O–H groups in total. The Morgan fingerprint density at radius 2 is 2.23 bits per heavy atom. The molecule has 0 amide bonds. The first-order chi connectivity index (χ1) is 16.9. The average Bonchev–Trinajstić information content (AvgIpc) is 3.31. The summed E-state index contributed by atoms with van der Waals surface area (Å²) >= 11 is 0. The number of aryl methyl sites for hydroxylation is 1. The van der Waals surface area contributed by atoms with Crippen molar-refractivity contribution in [2.24, 2.45) is 10.8 Å². The van der Waals surface area contributed by atoms with Crippen LogP contribution >= 0.6 is 0 Å². The van der Waals surface area contributed by atoms with Crippen LogP contribution in [0.15, 0.2) is 46.8 Å². The molecular weight excluding hydrogens is 450 g/mol. The van der Waals surface area contributed by atoms with Crippen LogP contribution in [0.1, 0.15) is 44.7 Å². The van der Waals surface area contributed by atoms with Crippen molar-refractivity contribution in [3.05, 3.63) is 47.4 Å². The van der Waals surface area contributed by atoms with Crippen molar-refractivity contribution in [3.8, 4) is 0 Å². The third-order valence-corrected chi connectivity index (χ3v) is 6.22. The van der Waals surface area contributed by atoms with Gasteiger partial charge in [0.25, 0.3) is 0 Å². The molecule has 3 atom stereocenters. The Kier molecular flexibility index (Phi) is 10.3. The fourth-order valence-electron chi connectivity index (χ4n) is 4.25. The number of allylic oxidation sites excluding steroid dienone is 4. The molecule has 2 heterocycles. The summed E-state index contributed by atoms with van der Waals surface area (Å²) in [7, 11) is 2.09. The van der Waals surface area contributed by atoms with Gasteiger partial charge in [-0.15, -0.1) is 5.10 Å². The predicted molar refractivity (Wildman–Crippen MR) is 133 cm³/mol. The minimum atomic E-state index is -0.677. The van der Waals surface area contributed by atoms with Gasteiger partial charge in [-0.1, -0.05) is 5.21 Å². The number of ether oxygens (including phenoxy) is 2. The molecule has 194 valence electrons. The van der Waals surface area contributed by atoms with Crippen LogP contribution < -0.4 is 5.73 Å². The van der Waals surface area contributed by atoms with Crippen molar-refractivity contribution in [2.75, 3.05) is 26.8 Å². The summed E-state index contributed by atoms with van der Waals surface area (Å²) in [6, 6.07) is 0.312. The molecule has 0 saturated carbocycles. The molecule has 0 aromatic carbocycles. The fourth-order valence-corrected chi connectivity index (χ4v) is 4.25. The van der Waals surface area contributed by atoms with Crippen molar-refractivity contribution < 1.29 is 19.7 Å². The Balaban J connectivity index is 1.37. The van der Waals surface area contributed by atoms with Gasteiger partial charge in [0.05, 0.1) is 36.5 Å². The molecule has 0 unspecified atom stereocenters. The van der Waals surface area contributed by atoms with Gasteiger partial charge < -0.3 is 30.3 Å². The molecule has 11 nitrogen and oxygen atoms in total. The maximum absolute atomic E-state index is 9.84. The molecule has 1 aliphatic carbocycles. The molecule has 2 aliphatic rings. The second-order valence-electron chi connectivity index (χ2n) is 9.07. The molecule has 1 aromatic rings. The van der Waals surface area contributed by atoms with Gasteiger partial charge in [0, 0.05) is 69.6 Å². The summed E-state index contributed by atoms with van der Waals surface area (Å²) in [5.74, 6) is 0.923. The molecule has 11 heteroatoms. The molecule has 35 heavy (non-hydrogen) atoms. The number of rotatable bonds is 13. The van der Waals surface area contributed by atoms with E-state index in [4.69, 9.17) is 20.3 Å². The van der Waals surface area contributed by atoms with Crippen LogP contribution in [0.4, 0.5) is 0 Å². The van der Waals surface area contributed by atoms with E-state index in [1.54, 1.807) is 11.2 Å². The highest BCUT2D eigenvalue weighted by Crippen LogP contribution is 2.23. The molecule has 0 spiro atoms. The third-order valence-electron chi connectivity index (χ3n) is 6.22. The smallest absolute Gasteiger partial charge is 0.156 e. The zero-order valence-corrected chi connectivity index (χ0v) is 20.8. The van der Waals surface area contributed by atoms with E-state index in [0.717, 1.165) is 62.3 Å². The van der Waals surface area contributed by atoms with Gasteiger partial charge in [0.15, 0.2) is 6.29 Å². The second kappa shape index (κ2) is 13.4. The lowest BCUT2D eigenvalue weighted by Gasteiger charge is -2.36. The fraction of sp³-hybridized carbons (Fsp3) is 0.625. The third kappa shape index (κ3) is 8.46. The van der Waals surface area contributed by atoms with Gasteiger partial charge in [0.2, 0.25) is 0 Å². The van der Waals surface area contributed by atoms with E-state index in [1.165, 1.54) is 0 Å². The predicted octanol–water partition coefficient (Wildman–Crippen LogP) is 1.32. The monoisotopic (exact) mass is 489 g/mol. The van der Waals surface area contributed by atoms with Crippen molar-refractivity contribution >= 4 is 6.72 Å². The number of nitrogens with two attached hydrogens (primary N) is 1. The highest BCUT2D eigenvalue weighted by molar-refractivity contribution is 5.27. The first-order valence-electron chi connectivity index (χ1n) is 12.2. The largest absolute Gasteiger partial charge is 0.498 e. The Bertz CT molecular complexity index is 903. The van der Waals surface area contributed by atoms with E-state index < -0.39 is 6.29 Å². The maximum Gasteiger partial charge on any atom is 0.156 e. The Morgan fingerprint density at radius 1 is 1.40 bits per heavy atom. The van der Waals surface area contributed by atoms with Gasteiger partial charge in [-0.3, -0.25) is 4.68 Å². The molecule has 0 bridgehead atoms. The number of aliphatic hydroxyl groups is 2. The highest BCUT2D eigenvalue weighted by Gasteiger charge is 2.28. The molecule has 1 aliphatic heterocycles. The Labute approximate surface area is 207 Å². The van der Waals surface area contributed by atoms with Crippen LogP contribution in [0.2, 0.25) is 0 Å². The van der Waals surface area contributed by atoms with E-state index >= 15 is 0 Å². The molecule has 0 radical (unpaired) electrons. The lowest BCUT2D eigenvalue weighted by Crippen LogP contribution is -2.43. The number of aliphatic hydroxyl groups excluding tert-OH is 2. The van der Waals surface area contributed by atoms with Crippen LogP contribution in [-0.4, -0.2) is 87.1 Å². The molecular formula is C24H39N7O4. The van der Waals surface area contributed by atoms with Crippen molar-refractivity contribution in [1.29, 1.82) is 0 Å². The first kappa shape index (κ1) is 26.9. The van der Waals surface area contributed by atoms with E-state index in [2.05, 4.69) is 34.1 Å². The number of hydrogen-bond donors (Lipinski definition) is 3. The van der Waals surface area contributed by atoms with Crippen molar-refractivity contribution in [1.82, 2.24) is 24.9 Å². The van der Waals surface area contributed by atoms with E-state index in [1.807, 2.05) is 30.0 Å². The van der Waals surface area contributed by atoms with Crippen LogP contribution in [0.25, 0.3) is 0 Å². The summed E-state index contributed by atoms with van der Waals surface area (Å²) in [5.41, 5.74) is 7.89. The van der Waals surface area contributed by atoms with Crippen molar-refractivity contribution in [3.63, 3.8) is 0 Å². The normalized spacial score (nSPS) is 23.1. The Hall–Kier alpha value is -2.73. The van der Waals surface area contributed by atoms with E-state index in [-0.39, 0.29) is 12.7 Å². The number of hydrogen-bond acceptors (Lipinski definition) is 10. The maximum atomic E-state index is 9.84. The standard InChI is InChI=1S/C24H39N7O4/c1-18-13-22(14-24(33)35-18)29(3)11-9-20-16-30(28-27-20)10-4-12-34-23-7-5-21(6-8-23)31(26-2)15-19(25)17-32/h5,7,15-16,18,22,24,32-33H,2,4,6,8-14,17,25H2,1,3H3/b19-15-/t18-,22+,24-/m1/s1. The molecule has 1 fully saturated rings. The Morgan fingerprint density at radius 3 is 2.91 bits per heavy atom. The van der Waals surface area contributed by atoms with Gasteiger partial charge in [0.1, 0.15) is 0 Å². The summed E-state index contributed by atoms with van der Waals surface area (Å²) in [4.78, 5) is 2.27. The minimum absolute atomic E-state index is 0.0731. The van der Waals surface area contributed by atoms with Crippen LogP contribution in [0.5, 0.6) is 0 Å². The van der Waals surface area contributed by atoms with Crippen molar-refractivity contribution in [2.45, 2.75) is 70.4 Å². The summed E-state index contributed by atoms with van der Waals surface area (Å²) < 4.78 is 13.2. The molecule has 1 saturated heterocycles. The topological polar surface area (TPSA) is 134 Å². The summed E-state index contributed by atoms with van der Waals surface area (Å²) in [6.07, 6.45) is 11.5. The lowest BCUT2D eigenvalue weighted by molar-refractivity contribution is -0.173. The van der Waals surface area contributed by atoms with E-state index in [9.17, 15) is 5.11 Å². The van der Waals surface area contributed by atoms with Gasteiger partial charge >= 0.3 is 0 Å². The highest BCUT2D eigenvalue weighted by atomic mass is 16.6. The molecule has 3 rings (SSSR count). The minimum Gasteiger partial charge on any atom is -0.498 e. The van der Waals surface area contributed by atoms with Crippen LogP contribution in [0, 0.1) is 0 Å². The number of nitrogens with zero attached hydrogens (tertiary/aromatic N) is 6. The molecule has 1 aromatic heterocycles. The van der Waals surface area contributed by atoms with Crippen LogP contribution in [-0.2, 0) is 22.4 Å². The average molecular weight is 490 g/mol. The number of aromatic nitrogens is 3. The summed E-state index contributed by atoms with van der Waals surface area (Å²) in [5, 5.41) is 33.0. The second-order valence-corrected chi connectivity index (χ2v) is 9.07. The van der Waals surface area contributed by atoms with Crippen LogP contribution in [0.3, 0.4) is 0 Å². The first-order valence-corrected chi connectivity index (χ1v) is 12.2. The lowest BCUT2D eigenvalue weighted by atomic mass is 10.0. The van der Waals surface area contributed by atoms with Gasteiger partial charge in [-0.25, -0.2) is 5.01 Å². The summed E-state index contributed by atoms with van der Waals surface area (Å²) in [6.45, 7) is 7.51. The SMILES string of the molecule is C=NN(/C=C(\N)CO)C1=CC=C(OCCCn2cc(CCN(C)[C@H]3C[C@@H](C)O[C@@H](O)C3)nn2)CC1. The number of hydrazone groups is 1. The van der Waals surface area contributed by atoms with Gasteiger partial charge in [-0.05, 0) is 39.0 Å². The zero-order chi connectivity index (χ0) is 25.2.